The molecule has 1 aliphatic carbocycles. The molecule has 17 heavy (non-hydrogen) atoms. The van der Waals surface area contributed by atoms with E-state index >= 15 is 0 Å². The molecule has 0 aliphatic heterocycles. The van der Waals surface area contributed by atoms with E-state index in [4.69, 9.17) is 0 Å². The minimum Gasteiger partial charge on any atom is -0.299 e. The van der Waals surface area contributed by atoms with Crippen molar-refractivity contribution in [2.24, 2.45) is 11.8 Å². The number of thiophene rings is 1. The van der Waals surface area contributed by atoms with Crippen molar-refractivity contribution in [3.63, 3.8) is 0 Å². The lowest BCUT2D eigenvalue weighted by molar-refractivity contribution is -0.124. The zero-order chi connectivity index (χ0) is 12.1. The van der Waals surface area contributed by atoms with Crippen LogP contribution in [0.2, 0.25) is 0 Å². The van der Waals surface area contributed by atoms with E-state index in [2.05, 4.69) is 23.8 Å². The van der Waals surface area contributed by atoms with Crippen molar-refractivity contribution in [1.29, 1.82) is 0 Å². The highest BCUT2D eigenvalue weighted by molar-refractivity contribution is 7.07. The summed E-state index contributed by atoms with van der Waals surface area (Å²) in [5.41, 5.74) is 1.33. The van der Waals surface area contributed by atoms with Gasteiger partial charge in [0, 0.05) is 12.3 Å². The van der Waals surface area contributed by atoms with Crippen LogP contribution in [0.5, 0.6) is 0 Å². The maximum atomic E-state index is 12.2. The van der Waals surface area contributed by atoms with E-state index in [-0.39, 0.29) is 0 Å². The predicted molar refractivity (Wildman–Crippen MR) is 73.4 cm³/mol. The van der Waals surface area contributed by atoms with E-state index in [9.17, 15) is 4.79 Å². The van der Waals surface area contributed by atoms with Gasteiger partial charge in [0.2, 0.25) is 0 Å². The molecule has 1 aliphatic rings. The molecule has 0 aromatic carbocycles. The molecule has 1 saturated carbocycles. The molecule has 1 nitrogen and oxygen atoms in total. The summed E-state index contributed by atoms with van der Waals surface area (Å²) in [5, 5.41) is 4.25. The Morgan fingerprint density at radius 2 is 2.35 bits per heavy atom. The van der Waals surface area contributed by atoms with Crippen molar-refractivity contribution in [2.45, 2.75) is 51.9 Å². The number of rotatable bonds is 5. The van der Waals surface area contributed by atoms with Gasteiger partial charge in [0.05, 0.1) is 0 Å². The number of aryl methyl sites for hydroxylation is 1. The second-order valence-corrected chi connectivity index (χ2v) is 6.02. The minimum absolute atomic E-state index is 0.368. The van der Waals surface area contributed by atoms with Gasteiger partial charge in [0.25, 0.3) is 0 Å². The molecular weight excluding hydrogens is 228 g/mol. The molecule has 1 aromatic heterocycles. The highest BCUT2D eigenvalue weighted by atomic mass is 32.1. The van der Waals surface area contributed by atoms with E-state index < -0.39 is 0 Å². The molecule has 0 saturated heterocycles. The van der Waals surface area contributed by atoms with Gasteiger partial charge in [-0.3, -0.25) is 4.79 Å². The Bertz CT molecular complexity index is 342. The van der Waals surface area contributed by atoms with Gasteiger partial charge in [-0.2, -0.15) is 11.3 Å². The van der Waals surface area contributed by atoms with E-state index in [1.165, 1.54) is 24.8 Å². The first-order valence-corrected chi connectivity index (χ1v) is 7.77. The fourth-order valence-electron chi connectivity index (χ4n) is 2.86. The lowest BCUT2D eigenvalue weighted by atomic mass is 9.77. The van der Waals surface area contributed by atoms with E-state index in [1.807, 2.05) is 0 Å². The van der Waals surface area contributed by atoms with Crippen molar-refractivity contribution >= 4 is 17.1 Å². The third-order valence-corrected chi connectivity index (χ3v) is 4.79. The largest absolute Gasteiger partial charge is 0.299 e. The molecule has 2 unspecified atom stereocenters. The number of Topliss-reactive ketones (excluding diaryl/α,β-unsaturated/α-hetero) is 1. The van der Waals surface area contributed by atoms with E-state index in [0.717, 1.165) is 31.6 Å². The fraction of sp³-hybridized carbons (Fsp3) is 0.667. The van der Waals surface area contributed by atoms with Gasteiger partial charge in [-0.25, -0.2) is 0 Å². The third kappa shape index (κ3) is 3.67. The van der Waals surface area contributed by atoms with Gasteiger partial charge in [-0.15, -0.1) is 0 Å². The fourth-order valence-corrected chi connectivity index (χ4v) is 3.56. The highest BCUT2D eigenvalue weighted by Crippen LogP contribution is 2.32. The second-order valence-electron chi connectivity index (χ2n) is 5.24. The predicted octanol–water partition coefficient (Wildman–Crippen LogP) is 4.47. The maximum Gasteiger partial charge on any atom is 0.136 e. The minimum atomic E-state index is 0.368. The topological polar surface area (TPSA) is 17.1 Å². The smallest absolute Gasteiger partial charge is 0.136 e. The molecule has 0 bridgehead atoms. The standard InChI is InChI=1S/C15H22OS/c1-2-12-4-3-5-14(10-12)15(16)7-6-13-8-9-17-11-13/h8-9,11-12,14H,2-7,10H2,1H3. The Labute approximate surface area is 108 Å². The number of hydrogen-bond acceptors (Lipinski definition) is 2. The van der Waals surface area contributed by atoms with Crippen LogP contribution in [0.4, 0.5) is 0 Å². The second kappa shape index (κ2) is 6.34. The van der Waals surface area contributed by atoms with Gasteiger partial charge >= 0.3 is 0 Å². The molecule has 94 valence electrons. The molecule has 1 aromatic rings. The Morgan fingerprint density at radius 1 is 1.47 bits per heavy atom. The van der Waals surface area contributed by atoms with Crippen molar-refractivity contribution < 1.29 is 4.79 Å². The quantitative estimate of drug-likeness (QED) is 0.753. The highest BCUT2D eigenvalue weighted by Gasteiger charge is 2.25. The zero-order valence-corrected chi connectivity index (χ0v) is 11.5. The molecule has 1 fully saturated rings. The van der Waals surface area contributed by atoms with E-state index in [0.29, 0.717) is 11.7 Å². The van der Waals surface area contributed by atoms with Gasteiger partial charge in [0.15, 0.2) is 0 Å². The summed E-state index contributed by atoms with van der Waals surface area (Å²) in [6, 6.07) is 2.13. The van der Waals surface area contributed by atoms with Crippen molar-refractivity contribution in [1.82, 2.24) is 0 Å². The van der Waals surface area contributed by atoms with Crippen LogP contribution in [0.1, 0.15) is 51.0 Å². The average molecular weight is 250 g/mol. The maximum absolute atomic E-state index is 12.2. The molecule has 0 radical (unpaired) electrons. The molecule has 0 amide bonds. The molecule has 1 heterocycles. The number of carbonyl (C=O) groups is 1. The monoisotopic (exact) mass is 250 g/mol. The summed E-state index contributed by atoms with van der Waals surface area (Å²) >= 11 is 1.72. The van der Waals surface area contributed by atoms with Gasteiger partial charge in [0.1, 0.15) is 5.78 Å². The SMILES string of the molecule is CCC1CCCC(C(=O)CCc2ccsc2)C1. The number of carbonyl (C=O) groups excluding carboxylic acids is 1. The summed E-state index contributed by atoms with van der Waals surface area (Å²) in [7, 11) is 0. The Morgan fingerprint density at radius 3 is 3.06 bits per heavy atom. The summed E-state index contributed by atoms with van der Waals surface area (Å²) < 4.78 is 0. The van der Waals surface area contributed by atoms with Crippen LogP contribution in [0.25, 0.3) is 0 Å². The van der Waals surface area contributed by atoms with Gasteiger partial charge in [-0.05, 0) is 47.6 Å². The zero-order valence-electron chi connectivity index (χ0n) is 10.7. The summed E-state index contributed by atoms with van der Waals surface area (Å²) in [4.78, 5) is 12.2. The van der Waals surface area contributed by atoms with Crippen molar-refractivity contribution in [3.05, 3.63) is 22.4 Å². The van der Waals surface area contributed by atoms with Crippen molar-refractivity contribution in [3.8, 4) is 0 Å². The van der Waals surface area contributed by atoms with E-state index in [1.54, 1.807) is 11.3 Å². The van der Waals surface area contributed by atoms with Crippen LogP contribution in [0.3, 0.4) is 0 Å². The summed E-state index contributed by atoms with van der Waals surface area (Å²) in [6.07, 6.45) is 7.82. The number of hydrogen-bond donors (Lipinski definition) is 0. The van der Waals surface area contributed by atoms with Crippen LogP contribution in [-0.2, 0) is 11.2 Å². The first-order valence-electron chi connectivity index (χ1n) is 6.83. The van der Waals surface area contributed by atoms with Crippen LogP contribution in [0, 0.1) is 11.8 Å². The average Bonchev–Trinajstić information content (AvgIpc) is 2.89. The third-order valence-electron chi connectivity index (χ3n) is 4.06. The molecule has 2 rings (SSSR count). The van der Waals surface area contributed by atoms with Crippen LogP contribution in [-0.4, -0.2) is 5.78 Å². The van der Waals surface area contributed by atoms with Crippen LogP contribution < -0.4 is 0 Å². The lowest BCUT2D eigenvalue weighted by Gasteiger charge is -2.27. The van der Waals surface area contributed by atoms with Crippen LogP contribution >= 0.6 is 11.3 Å². The van der Waals surface area contributed by atoms with Gasteiger partial charge < -0.3 is 0 Å². The van der Waals surface area contributed by atoms with Crippen LogP contribution in [0.15, 0.2) is 16.8 Å². The molecule has 2 heteroatoms. The first kappa shape index (κ1) is 12.8. The Hall–Kier alpha value is -0.630. The molecular formula is C15H22OS. The normalized spacial score (nSPS) is 24.8. The molecule has 0 spiro atoms. The van der Waals surface area contributed by atoms with Crippen molar-refractivity contribution in [2.75, 3.05) is 0 Å². The first-order chi connectivity index (χ1) is 8.29. The summed E-state index contributed by atoms with van der Waals surface area (Å²) in [5.74, 6) is 1.68. The van der Waals surface area contributed by atoms with Gasteiger partial charge in [-0.1, -0.05) is 26.2 Å². The number of ketones is 1. The lowest BCUT2D eigenvalue weighted by Crippen LogP contribution is -2.23. The Balaban J connectivity index is 1.79. The molecule has 2 atom stereocenters. The summed E-state index contributed by atoms with van der Waals surface area (Å²) in [6.45, 7) is 2.25. The molecule has 0 N–H and O–H groups in total. The Kier molecular flexibility index (Phi) is 4.78.